The predicted octanol–water partition coefficient (Wildman–Crippen LogP) is 1.82. The van der Waals surface area contributed by atoms with Crippen LogP contribution in [0, 0.1) is 0 Å². The molecule has 0 amide bonds. The van der Waals surface area contributed by atoms with Gasteiger partial charge in [0.25, 0.3) is 0 Å². The summed E-state index contributed by atoms with van der Waals surface area (Å²) in [5, 5.41) is 11.1. The third kappa shape index (κ3) is 1.96. The lowest BCUT2D eigenvalue weighted by atomic mass is 10.4. The van der Waals surface area contributed by atoms with E-state index in [0.717, 1.165) is 5.76 Å². The standard InChI is InChI=1S/C7H6BrClN4O/c8-6-2-1-5(14-6)4-13-7(3-9)10-11-12-13/h1-2H,3-4H2. The van der Waals surface area contributed by atoms with Crippen molar-refractivity contribution in [1.82, 2.24) is 20.2 Å². The number of furan rings is 1. The maximum absolute atomic E-state index is 5.64. The molecule has 0 bridgehead atoms. The molecule has 0 aromatic carbocycles. The van der Waals surface area contributed by atoms with E-state index in [9.17, 15) is 0 Å². The molecule has 2 rings (SSSR count). The van der Waals surface area contributed by atoms with E-state index in [1.165, 1.54) is 0 Å². The molecule has 5 nitrogen and oxygen atoms in total. The predicted molar refractivity (Wildman–Crippen MR) is 52.9 cm³/mol. The maximum atomic E-state index is 5.64. The van der Waals surface area contributed by atoms with Gasteiger partial charge in [0.2, 0.25) is 0 Å². The van der Waals surface area contributed by atoms with Gasteiger partial charge in [-0.1, -0.05) is 0 Å². The van der Waals surface area contributed by atoms with Crippen molar-refractivity contribution in [3.05, 3.63) is 28.4 Å². The Bertz CT molecular complexity index is 427. The minimum absolute atomic E-state index is 0.287. The largest absolute Gasteiger partial charge is 0.452 e. The van der Waals surface area contributed by atoms with Crippen molar-refractivity contribution < 1.29 is 4.42 Å². The number of hydrogen-bond donors (Lipinski definition) is 0. The molecular weight excluding hydrogens is 271 g/mol. The van der Waals surface area contributed by atoms with Crippen LogP contribution < -0.4 is 0 Å². The number of tetrazole rings is 1. The van der Waals surface area contributed by atoms with E-state index in [1.54, 1.807) is 4.68 Å². The van der Waals surface area contributed by atoms with Gasteiger partial charge in [0.1, 0.15) is 12.3 Å². The summed E-state index contributed by atoms with van der Waals surface area (Å²) < 4.78 is 7.60. The minimum atomic E-state index is 0.287. The fraction of sp³-hybridized carbons (Fsp3) is 0.286. The lowest BCUT2D eigenvalue weighted by Gasteiger charge is -1.98. The Morgan fingerprint density at radius 3 is 3.00 bits per heavy atom. The van der Waals surface area contributed by atoms with Crippen LogP contribution in [-0.2, 0) is 12.4 Å². The van der Waals surface area contributed by atoms with Gasteiger partial charge in [-0.3, -0.25) is 0 Å². The molecule has 14 heavy (non-hydrogen) atoms. The molecule has 0 unspecified atom stereocenters. The molecule has 74 valence electrons. The van der Waals surface area contributed by atoms with E-state index in [-0.39, 0.29) is 5.88 Å². The molecule has 0 spiro atoms. The number of alkyl halides is 1. The van der Waals surface area contributed by atoms with Crippen molar-refractivity contribution in [2.24, 2.45) is 0 Å². The van der Waals surface area contributed by atoms with Crippen LogP contribution >= 0.6 is 27.5 Å². The SMILES string of the molecule is ClCc1nnnn1Cc1ccc(Br)o1. The molecule has 0 aliphatic heterocycles. The van der Waals surface area contributed by atoms with Gasteiger partial charge in [0, 0.05) is 0 Å². The second-order valence-corrected chi connectivity index (χ2v) is 3.64. The van der Waals surface area contributed by atoms with Gasteiger partial charge in [-0.2, -0.15) is 0 Å². The summed E-state index contributed by atoms with van der Waals surface area (Å²) in [6.45, 7) is 0.487. The Hall–Kier alpha value is -0.880. The molecule has 2 heterocycles. The van der Waals surface area contributed by atoms with Crippen LogP contribution in [0.2, 0.25) is 0 Å². The van der Waals surface area contributed by atoms with Gasteiger partial charge in [0.05, 0.1) is 5.88 Å². The van der Waals surface area contributed by atoms with Crippen LogP contribution in [0.5, 0.6) is 0 Å². The molecule has 0 aliphatic rings. The zero-order valence-corrected chi connectivity index (χ0v) is 9.36. The van der Waals surface area contributed by atoms with Crippen molar-refractivity contribution >= 4 is 27.5 Å². The van der Waals surface area contributed by atoms with Crippen molar-refractivity contribution in [3.8, 4) is 0 Å². The number of nitrogens with zero attached hydrogens (tertiary/aromatic N) is 4. The quantitative estimate of drug-likeness (QED) is 0.803. The minimum Gasteiger partial charge on any atom is -0.452 e. The summed E-state index contributed by atoms with van der Waals surface area (Å²) in [6, 6.07) is 3.67. The Labute approximate surface area is 93.2 Å². The number of halogens is 2. The fourth-order valence-electron chi connectivity index (χ4n) is 1.03. The molecule has 7 heteroatoms. The Kier molecular flexibility index (Phi) is 2.83. The van der Waals surface area contributed by atoms with Crippen molar-refractivity contribution in [2.75, 3.05) is 0 Å². The van der Waals surface area contributed by atoms with Gasteiger partial charge < -0.3 is 4.42 Å². The van der Waals surface area contributed by atoms with Crippen molar-refractivity contribution in [3.63, 3.8) is 0 Å². The second-order valence-electron chi connectivity index (χ2n) is 2.59. The van der Waals surface area contributed by atoms with Gasteiger partial charge in [-0.15, -0.1) is 16.7 Å². The smallest absolute Gasteiger partial charge is 0.169 e. The first-order chi connectivity index (χ1) is 6.79. The van der Waals surface area contributed by atoms with Crippen LogP contribution in [0.25, 0.3) is 0 Å². The lowest BCUT2D eigenvalue weighted by Crippen LogP contribution is -2.04. The van der Waals surface area contributed by atoms with Crippen molar-refractivity contribution in [1.29, 1.82) is 0 Å². The monoisotopic (exact) mass is 276 g/mol. The molecule has 0 saturated carbocycles. The van der Waals surface area contributed by atoms with Crippen LogP contribution in [0.15, 0.2) is 21.2 Å². The van der Waals surface area contributed by atoms with E-state index in [0.29, 0.717) is 17.0 Å². The highest BCUT2D eigenvalue weighted by molar-refractivity contribution is 9.10. The van der Waals surface area contributed by atoms with Gasteiger partial charge in [-0.05, 0) is 38.5 Å². The van der Waals surface area contributed by atoms with E-state index in [4.69, 9.17) is 16.0 Å². The molecule has 0 atom stereocenters. The molecule has 0 saturated heterocycles. The molecule has 0 fully saturated rings. The van der Waals surface area contributed by atoms with E-state index < -0.39 is 0 Å². The number of rotatable bonds is 3. The summed E-state index contributed by atoms with van der Waals surface area (Å²) in [4.78, 5) is 0. The van der Waals surface area contributed by atoms with E-state index >= 15 is 0 Å². The summed E-state index contributed by atoms with van der Waals surface area (Å²) >= 11 is 8.86. The molecule has 0 aliphatic carbocycles. The fourth-order valence-corrected chi connectivity index (χ4v) is 1.56. The molecular formula is C7H6BrClN4O. The molecule has 0 radical (unpaired) electrons. The second kappa shape index (κ2) is 4.10. The summed E-state index contributed by atoms with van der Waals surface area (Å²) in [5.41, 5.74) is 0. The zero-order valence-electron chi connectivity index (χ0n) is 7.02. The highest BCUT2D eigenvalue weighted by atomic mass is 79.9. The summed E-state index contributed by atoms with van der Waals surface area (Å²) in [5.74, 6) is 1.68. The van der Waals surface area contributed by atoms with Gasteiger partial charge in [0.15, 0.2) is 10.5 Å². The Balaban J connectivity index is 2.18. The number of hydrogen-bond acceptors (Lipinski definition) is 4. The first kappa shape index (κ1) is 9.67. The number of aromatic nitrogens is 4. The molecule has 2 aromatic rings. The Morgan fingerprint density at radius 2 is 2.36 bits per heavy atom. The zero-order chi connectivity index (χ0) is 9.97. The highest BCUT2D eigenvalue weighted by Gasteiger charge is 2.07. The average molecular weight is 278 g/mol. The lowest BCUT2D eigenvalue weighted by molar-refractivity contribution is 0.455. The third-order valence-corrected chi connectivity index (χ3v) is 2.33. The Morgan fingerprint density at radius 1 is 1.50 bits per heavy atom. The summed E-state index contributed by atoms with van der Waals surface area (Å²) in [7, 11) is 0. The van der Waals surface area contributed by atoms with Crippen LogP contribution in [0.4, 0.5) is 0 Å². The van der Waals surface area contributed by atoms with Gasteiger partial charge >= 0.3 is 0 Å². The normalized spacial score (nSPS) is 10.7. The van der Waals surface area contributed by atoms with Crippen LogP contribution in [0.3, 0.4) is 0 Å². The van der Waals surface area contributed by atoms with Gasteiger partial charge in [-0.25, -0.2) is 4.68 Å². The topological polar surface area (TPSA) is 56.7 Å². The first-order valence-electron chi connectivity index (χ1n) is 3.85. The average Bonchev–Trinajstić information content (AvgIpc) is 2.76. The molecule has 0 N–H and O–H groups in total. The third-order valence-electron chi connectivity index (χ3n) is 1.66. The van der Waals surface area contributed by atoms with E-state index in [1.807, 2.05) is 12.1 Å². The maximum Gasteiger partial charge on any atom is 0.169 e. The van der Waals surface area contributed by atoms with Crippen LogP contribution in [0.1, 0.15) is 11.6 Å². The summed E-state index contributed by atoms with van der Waals surface area (Å²) in [6.07, 6.45) is 0. The van der Waals surface area contributed by atoms with E-state index in [2.05, 4.69) is 31.5 Å². The first-order valence-corrected chi connectivity index (χ1v) is 5.17. The molecule has 2 aromatic heterocycles. The van der Waals surface area contributed by atoms with Crippen LogP contribution in [-0.4, -0.2) is 20.2 Å². The van der Waals surface area contributed by atoms with Crippen molar-refractivity contribution in [2.45, 2.75) is 12.4 Å². The highest BCUT2D eigenvalue weighted by Crippen LogP contribution is 2.15.